The first-order chi connectivity index (χ1) is 9.67. The summed E-state index contributed by atoms with van der Waals surface area (Å²) in [6.07, 6.45) is 1.58. The molecule has 0 unspecified atom stereocenters. The van der Waals surface area contributed by atoms with E-state index in [0.717, 1.165) is 11.3 Å². The largest absolute Gasteiger partial charge is 0.497 e. The Kier molecular flexibility index (Phi) is 3.15. The van der Waals surface area contributed by atoms with Crippen molar-refractivity contribution in [3.63, 3.8) is 0 Å². The standard InChI is InChI=1S/C13H11ClN4O2/c1-20-9-4-2-8(3-5-9)6-18-7-15-10-11(18)16-13(14)17-12(10)19/h2-5,7H,6H2,1H3,(H,16,17,19). The predicted molar refractivity (Wildman–Crippen MR) is 75.3 cm³/mol. The minimum atomic E-state index is -0.339. The van der Waals surface area contributed by atoms with Crippen LogP contribution in [0.3, 0.4) is 0 Å². The molecular formula is C13H11ClN4O2. The van der Waals surface area contributed by atoms with E-state index in [0.29, 0.717) is 12.2 Å². The zero-order valence-corrected chi connectivity index (χ0v) is 11.4. The summed E-state index contributed by atoms with van der Waals surface area (Å²) in [6, 6.07) is 7.64. The van der Waals surface area contributed by atoms with E-state index >= 15 is 0 Å². The molecule has 0 aliphatic rings. The van der Waals surface area contributed by atoms with Crippen LogP contribution >= 0.6 is 11.6 Å². The number of hydrogen-bond acceptors (Lipinski definition) is 4. The number of imidazole rings is 1. The summed E-state index contributed by atoms with van der Waals surface area (Å²) in [5, 5.41) is 0.0546. The van der Waals surface area contributed by atoms with Crippen molar-refractivity contribution in [3.05, 3.63) is 51.8 Å². The van der Waals surface area contributed by atoms with Gasteiger partial charge in [-0.1, -0.05) is 12.1 Å². The molecule has 20 heavy (non-hydrogen) atoms. The summed E-state index contributed by atoms with van der Waals surface area (Å²) in [7, 11) is 1.62. The van der Waals surface area contributed by atoms with E-state index in [1.54, 1.807) is 18.0 Å². The fraction of sp³-hybridized carbons (Fsp3) is 0.154. The molecule has 0 radical (unpaired) electrons. The van der Waals surface area contributed by atoms with Gasteiger partial charge in [-0.2, -0.15) is 4.98 Å². The maximum absolute atomic E-state index is 11.7. The Hall–Kier alpha value is -2.34. The molecule has 0 spiro atoms. The van der Waals surface area contributed by atoms with E-state index in [-0.39, 0.29) is 16.4 Å². The second kappa shape index (κ2) is 4.97. The molecule has 102 valence electrons. The molecule has 2 heterocycles. The number of ether oxygens (including phenoxy) is 1. The lowest BCUT2D eigenvalue weighted by Gasteiger charge is -2.05. The maximum Gasteiger partial charge on any atom is 0.280 e. The van der Waals surface area contributed by atoms with Crippen LogP contribution in [0.5, 0.6) is 5.75 Å². The summed E-state index contributed by atoms with van der Waals surface area (Å²) in [5.74, 6) is 0.793. The number of benzene rings is 1. The van der Waals surface area contributed by atoms with Gasteiger partial charge in [0, 0.05) is 0 Å². The smallest absolute Gasteiger partial charge is 0.280 e. The molecule has 3 rings (SSSR count). The van der Waals surface area contributed by atoms with E-state index < -0.39 is 0 Å². The second-order valence-electron chi connectivity index (χ2n) is 4.25. The normalized spacial score (nSPS) is 10.9. The van der Waals surface area contributed by atoms with E-state index in [2.05, 4.69) is 15.0 Å². The van der Waals surface area contributed by atoms with Gasteiger partial charge in [0.05, 0.1) is 20.0 Å². The summed E-state index contributed by atoms with van der Waals surface area (Å²) in [6.45, 7) is 0.549. The van der Waals surface area contributed by atoms with Crippen LogP contribution in [0.4, 0.5) is 0 Å². The van der Waals surface area contributed by atoms with Crippen LogP contribution in [0.2, 0.25) is 5.28 Å². The highest BCUT2D eigenvalue weighted by atomic mass is 35.5. The molecule has 1 N–H and O–H groups in total. The zero-order valence-electron chi connectivity index (χ0n) is 10.6. The average Bonchev–Trinajstić information content (AvgIpc) is 2.83. The SMILES string of the molecule is COc1ccc(Cn2cnc3c(=O)[nH]c(Cl)nc32)cc1. The fourth-order valence-electron chi connectivity index (χ4n) is 1.97. The van der Waals surface area contributed by atoms with E-state index in [1.165, 1.54) is 0 Å². The predicted octanol–water partition coefficient (Wildman–Crippen LogP) is 1.83. The lowest BCUT2D eigenvalue weighted by atomic mass is 10.2. The highest BCUT2D eigenvalue weighted by Crippen LogP contribution is 2.14. The number of H-pyrrole nitrogens is 1. The molecule has 0 bridgehead atoms. The van der Waals surface area contributed by atoms with Gasteiger partial charge in [-0.05, 0) is 29.3 Å². The number of fused-ring (bicyclic) bond motifs is 1. The number of nitrogens with one attached hydrogen (secondary N) is 1. The summed E-state index contributed by atoms with van der Waals surface area (Å²) in [5.41, 5.74) is 1.45. The van der Waals surface area contributed by atoms with Crippen LogP contribution in [0.15, 0.2) is 35.4 Å². The van der Waals surface area contributed by atoms with Crippen LogP contribution in [0, 0.1) is 0 Å². The number of rotatable bonds is 3. The monoisotopic (exact) mass is 290 g/mol. The lowest BCUT2D eigenvalue weighted by molar-refractivity contribution is 0.414. The van der Waals surface area contributed by atoms with Gasteiger partial charge in [0.1, 0.15) is 5.75 Å². The molecule has 0 aliphatic carbocycles. The zero-order chi connectivity index (χ0) is 14.1. The first-order valence-corrected chi connectivity index (χ1v) is 6.29. The Labute approximate surface area is 119 Å². The highest BCUT2D eigenvalue weighted by molar-refractivity contribution is 6.28. The van der Waals surface area contributed by atoms with Crippen LogP contribution in [0.25, 0.3) is 11.2 Å². The third-order valence-electron chi connectivity index (χ3n) is 2.96. The molecule has 0 amide bonds. The minimum Gasteiger partial charge on any atom is -0.497 e. The van der Waals surface area contributed by atoms with Crippen molar-refractivity contribution < 1.29 is 4.74 Å². The van der Waals surface area contributed by atoms with Crippen LogP contribution in [0.1, 0.15) is 5.56 Å². The Balaban J connectivity index is 2.00. The Bertz CT molecular complexity index is 807. The molecule has 3 aromatic rings. The number of hydrogen-bond donors (Lipinski definition) is 1. The number of aromatic nitrogens is 4. The minimum absolute atomic E-state index is 0.0546. The van der Waals surface area contributed by atoms with Crippen molar-refractivity contribution in [1.82, 2.24) is 19.5 Å². The van der Waals surface area contributed by atoms with Crippen molar-refractivity contribution >= 4 is 22.8 Å². The topological polar surface area (TPSA) is 72.8 Å². The number of aromatic amines is 1. The Morgan fingerprint density at radius 1 is 1.35 bits per heavy atom. The number of nitrogens with zero attached hydrogens (tertiary/aromatic N) is 3. The van der Waals surface area contributed by atoms with Crippen LogP contribution < -0.4 is 10.3 Å². The van der Waals surface area contributed by atoms with Crippen molar-refractivity contribution in [1.29, 1.82) is 0 Å². The third kappa shape index (κ3) is 2.25. The molecule has 0 fully saturated rings. The first kappa shape index (κ1) is 12.7. The quantitative estimate of drug-likeness (QED) is 0.747. The van der Waals surface area contributed by atoms with Gasteiger partial charge in [-0.25, -0.2) is 4.98 Å². The van der Waals surface area contributed by atoms with Gasteiger partial charge in [0.2, 0.25) is 5.28 Å². The highest BCUT2D eigenvalue weighted by Gasteiger charge is 2.09. The molecule has 6 nitrogen and oxygen atoms in total. The van der Waals surface area contributed by atoms with E-state index in [9.17, 15) is 4.79 Å². The van der Waals surface area contributed by atoms with Gasteiger partial charge in [0.25, 0.3) is 5.56 Å². The van der Waals surface area contributed by atoms with Gasteiger partial charge < -0.3 is 9.30 Å². The van der Waals surface area contributed by atoms with Crippen LogP contribution in [-0.2, 0) is 6.54 Å². The molecule has 0 saturated carbocycles. The molecule has 0 aliphatic heterocycles. The van der Waals surface area contributed by atoms with E-state index in [4.69, 9.17) is 16.3 Å². The summed E-state index contributed by atoms with van der Waals surface area (Å²) >= 11 is 5.77. The van der Waals surface area contributed by atoms with Gasteiger partial charge >= 0.3 is 0 Å². The van der Waals surface area contributed by atoms with Crippen molar-refractivity contribution in [3.8, 4) is 5.75 Å². The molecule has 2 aromatic heterocycles. The van der Waals surface area contributed by atoms with Gasteiger partial charge in [-0.15, -0.1) is 0 Å². The number of halogens is 1. The average molecular weight is 291 g/mol. The first-order valence-electron chi connectivity index (χ1n) is 5.91. The van der Waals surface area contributed by atoms with Gasteiger partial charge in [-0.3, -0.25) is 9.78 Å². The van der Waals surface area contributed by atoms with Crippen LogP contribution in [-0.4, -0.2) is 26.6 Å². The van der Waals surface area contributed by atoms with E-state index in [1.807, 2.05) is 24.3 Å². The number of methoxy groups -OCH3 is 1. The lowest BCUT2D eigenvalue weighted by Crippen LogP contribution is -2.09. The molecule has 7 heteroatoms. The summed E-state index contributed by atoms with van der Waals surface area (Å²) in [4.78, 5) is 22.3. The second-order valence-corrected chi connectivity index (χ2v) is 4.61. The molecule has 1 aromatic carbocycles. The molecule has 0 atom stereocenters. The Morgan fingerprint density at radius 2 is 2.10 bits per heavy atom. The Morgan fingerprint density at radius 3 is 2.80 bits per heavy atom. The maximum atomic E-state index is 11.7. The van der Waals surface area contributed by atoms with Crippen molar-refractivity contribution in [2.75, 3.05) is 7.11 Å². The molecule has 0 saturated heterocycles. The van der Waals surface area contributed by atoms with Crippen molar-refractivity contribution in [2.24, 2.45) is 0 Å². The van der Waals surface area contributed by atoms with Crippen molar-refractivity contribution in [2.45, 2.75) is 6.54 Å². The third-order valence-corrected chi connectivity index (χ3v) is 3.14. The fourth-order valence-corrected chi connectivity index (χ4v) is 2.14. The van der Waals surface area contributed by atoms with Gasteiger partial charge in [0.15, 0.2) is 11.2 Å². The summed E-state index contributed by atoms with van der Waals surface area (Å²) < 4.78 is 6.89. The molecular weight excluding hydrogens is 280 g/mol.